The number of nitrogens with one attached hydrogen (secondary N) is 2. The number of H-pyrrole nitrogens is 1. The first-order valence-corrected chi connectivity index (χ1v) is 12.3. The first-order valence-electron chi connectivity index (χ1n) is 10.1. The second kappa shape index (κ2) is 9.57. The van der Waals surface area contributed by atoms with Crippen LogP contribution in [0.4, 0.5) is 0 Å². The fourth-order valence-corrected chi connectivity index (χ4v) is 5.34. The van der Waals surface area contributed by atoms with Crippen molar-refractivity contribution >= 4 is 29.0 Å². The second-order valence-electron chi connectivity index (χ2n) is 7.33. The standard InChI is InChI=1S/C22H24N4O2S2/c1-29-10-8-17(25-22(28)16-13-30-19-7-3-2-6-15(16)19)18-11-20(27)26-21(24-18)14-5-4-9-23-12-14/h4-5,9,11-13,17H,2-3,6-8,10H2,1H3,(H,25,28)(H,24,26,27)/t17-/m0/s1. The third-order valence-corrected chi connectivity index (χ3v) is 7.01. The van der Waals surface area contributed by atoms with Crippen LogP contribution in [0.3, 0.4) is 0 Å². The Balaban J connectivity index is 1.63. The number of aromatic nitrogens is 3. The van der Waals surface area contributed by atoms with Crippen LogP contribution in [-0.2, 0) is 12.8 Å². The van der Waals surface area contributed by atoms with Gasteiger partial charge >= 0.3 is 0 Å². The zero-order valence-electron chi connectivity index (χ0n) is 16.8. The van der Waals surface area contributed by atoms with E-state index in [0.29, 0.717) is 17.9 Å². The number of rotatable bonds is 7. The highest BCUT2D eigenvalue weighted by Gasteiger charge is 2.23. The summed E-state index contributed by atoms with van der Waals surface area (Å²) in [5, 5.41) is 5.13. The number of carbonyl (C=O) groups excluding carboxylic acids is 1. The summed E-state index contributed by atoms with van der Waals surface area (Å²) in [7, 11) is 0. The lowest BCUT2D eigenvalue weighted by molar-refractivity contribution is 0.0934. The number of aryl methyl sites for hydroxylation is 1. The Morgan fingerprint density at radius 3 is 3.03 bits per heavy atom. The van der Waals surface area contributed by atoms with E-state index < -0.39 is 0 Å². The Kier molecular flexibility index (Phi) is 6.64. The number of hydrogen-bond acceptors (Lipinski definition) is 6. The maximum atomic E-state index is 13.1. The van der Waals surface area contributed by atoms with E-state index in [-0.39, 0.29) is 17.5 Å². The third kappa shape index (κ3) is 4.65. The molecule has 1 atom stereocenters. The summed E-state index contributed by atoms with van der Waals surface area (Å²) in [6.07, 6.45) is 10.4. The smallest absolute Gasteiger partial charge is 0.252 e. The molecular weight excluding hydrogens is 416 g/mol. The van der Waals surface area contributed by atoms with Crippen LogP contribution < -0.4 is 10.9 Å². The van der Waals surface area contributed by atoms with Gasteiger partial charge in [-0.3, -0.25) is 14.6 Å². The van der Waals surface area contributed by atoms with Gasteiger partial charge in [0.2, 0.25) is 0 Å². The molecule has 3 aromatic rings. The summed E-state index contributed by atoms with van der Waals surface area (Å²) < 4.78 is 0. The van der Waals surface area contributed by atoms with Gasteiger partial charge in [-0.15, -0.1) is 11.3 Å². The number of pyridine rings is 1. The molecule has 156 valence electrons. The molecule has 1 aliphatic carbocycles. The fourth-order valence-electron chi connectivity index (χ4n) is 3.74. The van der Waals surface area contributed by atoms with Gasteiger partial charge in [0.15, 0.2) is 0 Å². The molecule has 0 spiro atoms. The maximum Gasteiger partial charge on any atom is 0.252 e. The predicted molar refractivity (Wildman–Crippen MR) is 122 cm³/mol. The van der Waals surface area contributed by atoms with Crippen LogP contribution in [0.25, 0.3) is 11.4 Å². The Morgan fingerprint density at radius 2 is 2.23 bits per heavy atom. The molecule has 0 bridgehead atoms. The van der Waals surface area contributed by atoms with Gasteiger partial charge in [-0.05, 0) is 61.8 Å². The van der Waals surface area contributed by atoms with Crippen molar-refractivity contribution in [2.45, 2.75) is 38.1 Å². The molecule has 3 aromatic heterocycles. The first-order chi connectivity index (χ1) is 14.7. The van der Waals surface area contributed by atoms with E-state index in [1.54, 1.807) is 41.6 Å². The largest absolute Gasteiger partial charge is 0.344 e. The van der Waals surface area contributed by atoms with Gasteiger partial charge in [-0.25, -0.2) is 4.98 Å². The SMILES string of the molecule is CSCC[C@H](NC(=O)c1csc2c1CCCC2)c1cc(=O)[nH]c(-c2cccnc2)n1. The third-order valence-electron chi connectivity index (χ3n) is 5.28. The summed E-state index contributed by atoms with van der Waals surface area (Å²) in [4.78, 5) is 38.3. The van der Waals surface area contributed by atoms with Crippen LogP contribution in [0, 0.1) is 0 Å². The van der Waals surface area contributed by atoms with Gasteiger partial charge in [0.1, 0.15) is 5.82 Å². The lowest BCUT2D eigenvalue weighted by Crippen LogP contribution is -2.31. The topological polar surface area (TPSA) is 87.7 Å². The molecule has 8 heteroatoms. The Labute approximate surface area is 183 Å². The summed E-state index contributed by atoms with van der Waals surface area (Å²) >= 11 is 3.38. The molecule has 6 nitrogen and oxygen atoms in total. The number of fused-ring (bicyclic) bond motifs is 1. The average Bonchev–Trinajstić information content (AvgIpc) is 3.21. The molecule has 0 unspecified atom stereocenters. The molecule has 4 rings (SSSR count). The number of aromatic amines is 1. The zero-order valence-corrected chi connectivity index (χ0v) is 18.4. The number of nitrogens with zero attached hydrogens (tertiary/aromatic N) is 2. The summed E-state index contributed by atoms with van der Waals surface area (Å²) in [6, 6.07) is 4.80. The second-order valence-corrected chi connectivity index (χ2v) is 9.28. The van der Waals surface area contributed by atoms with Crippen LogP contribution in [0.2, 0.25) is 0 Å². The van der Waals surface area contributed by atoms with E-state index in [1.165, 1.54) is 22.9 Å². The molecule has 0 radical (unpaired) electrons. The molecule has 30 heavy (non-hydrogen) atoms. The van der Waals surface area contributed by atoms with Crippen LogP contribution in [-0.4, -0.2) is 32.9 Å². The molecule has 0 fully saturated rings. The fraction of sp³-hybridized carbons (Fsp3) is 0.364. The van der Waals surface area contributed by atoms with Gasteiger partial charge < -0.3 is 10.3 Å². The highest BCUT2D eigenvalue weighted by molar-refractivity contribution is 7.98. The number of carbonyl (C=O) groups is 1. The van der Waals surface area contributed by atoms with Crippen molar-refractivity contribution < 1.29 is 4.79 Å². The lowest BCUT2D eigenvalue weighted by atomic mass is 9.95. The monoisotopic (exact) mass is 440 g/mol. The molecule has 0 saturated heterocycles. The van der Waals surface area contributed by atoms with Crippen molar-refractivity contribution in [2.24, 2.45) is 0 Å². The predicted octanol–water partition coefficient (Wildman–Crippen LogP) is 4.00. The Bertz CT molecular complexity index is 1080. The van der Waals surface area contributed by atoms with Crippen LogP contribution >= 0.6 is 23.1 Å². The summed E-state index contributed by atoms with van der Waals surface area (Å²) in [5.41, 5.74) is 3.04. The van der Waals surface area contributed by atoms with E-state index in [0.717, 1.165) is 36.1 Å². The van der Waals surface area contributed by atoms with Crippen molar-refractivity contribution in [3.63, 3.8) is 0 Å². The highest BCUT2D eigenvalue weighted by atomic mass is 32.2. The van der Waals surface area contributed by atoms with E-state index >= 15 is 0 Å². The molecule has 0 aliphatic heterocycles. The van der Waals surface area contributed by atoms with Gasteiger partial charge in [-0.2, -0.15) is 11.8 Å². The van der Waals surface area contributed by atoms with Crippen LogP contribution in [0.15, 0.2) is 40.8 Å². The minimum atomic E-state index is -0.332. The van der Waals surface area contributed by atoms with Crippen molar-refractivity contribution in [2.75, 3.05) is 12.0 Å². The molecule has 0 aromatic carbocycles. The molecule has 2 N–H and O–H groups in total. The molecular formula is C22H24N4O2S2. The Morgan fingerprint density at radius 1 is 1.37 bits per heavy atom. The van der Waals surface area contributed by atoms with Gasteiger partial charge in [0.05, 0.1) is 17.3 Å². The number of hydrogen-bond donors (Lipinski definition) is 2. The van der Waals surface area contributed by atoms with Crippen molar-refractivity contribution in [1.29, 1.82) is 0 Å². The van der Waals surface area contributed by atoms with Gasteiger partial charge in [-0.1, -0.05) is 0 Å². The number of amides is 1. The van der Waals surface area contributed by atoms with Crippen LogP contribution in [0.5, 0.6) is 0 Å². The molecule has 1 aliphatic rings. The lowest BCUT2D eigenvalue weighted by Gasteiger charge is -2.19. The molecule has 3 heterocycles. The van der Waals surface area contributed by atoms with Crippen molar-refractivity contribution in [3.05, 3.63) is 68.0 Å². The zero-order chi connectivity index (χ0) is 20.9. The quantitative estimate of drug-likeness (QED) is 0.580. The van der Waals surface area contributed by atoms with Crippen molar-refractivity contribution in [1.82, 2.24) is 20.3 Å². The van der Waals surface area contributed by atoms with E-state index in [2.05, 4.69) is 20.3 Å². The minimum Gasteiger partial charge on any atom is -0.344 e. The van der Waals surface area contributed by atoms with Gasteiger partial charge in [0, 0.05) is 34.3 Å². The highest BCUT2D eigenvalue weighted by Crippen LogP contribution is 2.30. The number of thioether (sulfide) groups is 1. The van der Waals surface area contributed by atoms with Crippen LogP contribution in [0.1, 0.15) is 51.8 Å². The molecule has 0 saturated carbocycles. The van der Waals surface area contributed by atoms with Crippen molar-refractivity contribution in [3.8, 4) is 11.4 Å². The first kappa shape index (κ1) is 20.8. The van der Waals surface area contributed by atoms with E-state index in [9.17, 15) is 9.59 Å². The number of thiophene rings is 1. The minimum absolute atomic E-state index is 0.0782. The summed E-state index contributed by atoms with van der Waals surface area (Å²) in [6.45, 7) is 0. The Hall–Kier alpha value is -2.45. The normalized spacial score (nSPS) is 14.2. The van der Waals surface area contributed by atoms with E-state index in [4.69, 9.17) is 0 Å². The molecule has 1 amide bonds. The summed E-state index contributed by atoms with van der Waals surface area (Å²) in [5.74, 6) is 1.23. The average molecular weight is 441 g/mol. The van der Waals surface area contributed by atoms with Gasteiger partial charge in [0.25, 0.3) is 11.5 Å². The van der Waals surface area contributed by atoms with E-state index in [1.807, 2.05) is 17.7 Å². The maximum absolute atomic E-state index is 13.1.